The van der Waals surface area contributed by atoms with Gasteiger partial charge in [-0.3, -0.25) is 4.79 Å². The Labute approximate surface area is 186 Å². The zero-order chi connectivity index (χ0) is 22.7. The lowest BCUT2D eigenvalue weighted by Crippen LogP contribution is -2.48. The molecule has 2 N–H and O–H groups in total. The molecular weight excluding hydrogens is 404 g/mol. The van der Waals surface area contributed by atoms with Gasteiger partial charge in [-0.1, -0.05) is 61.2 Å². The highest BCUT2D eigenvalue weighted by molar-refractivity contribution is 5.70. The quantitative estimate of drug-likeness (QED) is 0.520. The minimum atomic E-state index is -0.926. The van der Waals surface area contributed by atoms with Gasteiger partial charge in [0, 0.05) is 31.6 Å². The molecule has 0 aliphatic carbocycles. The summed E-state index contributed by atoms with van der Waals surface area (Å²) in [7, 11) is 0. The van der Waals surface area contributed by atoms with Gasteiger partial charge in [0.05, 0.1) is 11.8 Å². The predicted octanol–water partition coefficient (Wildman–Crippen LogP) is 5.30. The lowest BCUT2D eigenvalue weighted by molar-refractivity contribution is -0.0645. The number of hydrogen-bond acceptors (Lipinski definition) is 4. The number of carbonyl (C=O) groups excluding carboxylic acids is 1. The number of ether oxygens (including phenoxy) is 1. The van der Waals surface area contributed by atoms with Gasteiger partial charge in [-0.05, 0) is 35.2 Å². The number of pyridine rings is 1. The van der Waals surface area contributed by atoms with Crippen molar-refractivity contribution >= 4 is 6.09 Å². The molecule has 1 aromatic heterocycles. The molecule has 32 heavy (non-hydrogen) atoms. The summed E-state index contributed by atoms with van der Waals surface area (Å²) in [4.78, 5) is 28.9. The number of nitrogens with zero attached hydrogens (tertiary/aromatic N) is 1. The van der Waals surface area contributed by atoms with E-state index >= 15 is 0 Å². The second-order valence-corrected chi connectivity index (χ2v) is 8.15. The first kappa shape index (κ1) is 21.4. The molecule has 0 unspecified atom stereocenters. The molecule has 1 aliphatic rings. The van der Waals surface area contributed by atoms with Crippen LogP contribution in [0.15, 0.2) is 90.1 Å². The number of aromatic amines is 1. The highest BCUT2D eigenvalue weighted by atomic mass is 16.6. The third kappa shape index (κ3) is 4.30. The van der Waals surface area contributed by atoms with Gasteiger partial charge in [0.15, 0.2) is 0 Å². The fraction of sp³-hybridized carbons (Fsp3) is 0.231. The van der Waals surface area contributed by atoms with Crippen molar-refractivity contribution in [3.05, 3.63) is 107 Å². The maximum Gasteiger partial charge on any atom is 0.411 e. The third-order valence-electron chi connectivity index (χ3n) is 6.03. The highest BCUT2D eigenvalue weighted by Crippen LogP contribution is 2.40. The first-order chi connectivity index (χ1) is 15.4. The number of H-pyrrole nitrogens is 1. The minimum absolute atomic E-state index is 0.0153. The van der Waals surface area contributed by atoms with Crippen molar-refractivity contribution in [2.24, 2.45) is 0 Å². The van der Waals surface area contributed by atoms with E-state index in [0.717, 1.165) is 22.3 Å². The first-order valence-electron chi connectivity index (χ1n) is 10.6. The van der Waals surface area contributed by atoms with Crippen LogP contribution in [-0.2, 0) is 10.3 Å². The van der Waals surface area contributed by atoms with Crippen molar-refractivity contribution in [3.8, 4) is 11.1 Å². The summed E-state index contributed by atoms with van der Waals surface area (Å²) < 4.78 is 5.96. The van der Waals surface area contributed by atoms with Crippen LogP contribution in [0.4, 0.5) is 4.79 Å². The fourth-order valence-corrected chi connectivity index (χ4v) is 4.28. The van der Waals surface area contributed by atoms with E-state index in [0.29, 0.717) is 13.0 Å². The second kappa shape index (κ2) is 8.75. The van der Waals surface area contributed by atoms with Gasteiger partial charge in [0.2, 0.25) is 5.56 Å². The van der Waals surface area contributed by atoms with Gasteiger partial charge in [0.25, 0.3) is 0 Å². The number of amides is 1. The van der Waals surface area contributed by atoms with E-state index in [1.54, 1.807) is 17.2 Å². The molecule has 4 rings (SSSR count). The maximum absolute atomic E-state index is 13.1. The molecule has 1 amide bonds. The molecule has 0 spiro atoms. The van der Waals surface area contributed by atoms with Crippen LogP contribution in [0.5, 0.6) is 0 Å². The van der Waals surface area contributed by atoms with Crippen LogP contribution in [-0.4, -0.2) is 27.6 Å². The Morgan fingerprint density at radius 1 is 1.12 bits per heavy atom. The minimum Gasteiger partial charge on any atom is -0.513 e. The van der Waals surface area contributed by atoms with Crippen LogP contribution < -0.4 is 5.56 Å². The monoisotopic (exact) mass is 430 g/mol. The topological polar surface area (TPSA) is 82.6 Å². The second-order valence-electron chi connectivity index (χ2n) is 8.15. The van der Waals surface area contributed by atoms with Crippen LogP contribution in [0.1, 0.15) is 36.9 Å². The molecule has 0 bridgehead atoms. The molecule has 0 saturated carbocycles. The Balaban J connectivity index is 1.53. The van der Waals surface area contributed by atoms with E-state index in [1.165, 1.54) is 0 Å². The van der Waals surface area contributed by atoms with E-state index < -0.39 is 11.7 Å². The molecule has 1 aliphatic heterocycles. The van der Waals surface area contributed by atoms with Crippen LogP contribution in [0, 0.1) is 0 Å². The summed E-state index contributed by atoms with van der Waals surface area (Å²) in [5.74, 6) is -0.0153. The standard InChI is InChI=1S/C26H26N2O4/c1-18(29)17-26(23-6-4-3-5-7-23)13-15-28(25(31)32-26)19(2)20-8-10-21(11-9-20)22-12-14-27-24(30)16-22/h3-12,14,16,19,29H,1,13,15,17H2,2H3,(H,27,30)/t19-,26-/m0/s1. The summed E-state index contributed by atoms with van der Waals surface area (Å²) in [5.41, 5.74) is 2.50. The maximum atomic E-state index is 13.1. The van der Waals surface area contributed by atoms with E-state index in [9.17, 15) is 14.7 Å². The number of rotatable bonds is 6. The number of benzene rings is 2. The van der Waals surface area contributed by atoms with Crippen LogP contribution >= 0.6 is 0 Å². The van der Waals surface area contributed by atoms with E-state index in [1.807, 2.05) is 67.6 Å². The molecule has 1 saturated heterocycles. The molecular formula is C26H26N2O4. The Hall–Kier alpha value is -3.80. The number of hydrogen-bond donors (Lipinski definition) is 2. The lowest BCUT2D eigenvalue weighted by atomic mass is 9.85. The van der Waals surface area contributed by atoms with Crippen molar-refractivity contribution in [2.45, 2.75) is 31.4 Å². The van der Waals surface area contributed by atoms with Crippen LogP contribution in [0.25, 0.3) is 11.1 Å². The summed E-state index contributed by atoms with van der Waals surface area (Å²) in [6.45, 7) is 6.06. The summed E-state index contributed by atoms with van der Waals surface area (Å²) >= 11 is 0. The SMILES string of the molecule is C=C(O)C[C@]1(c2ccccc2)CCN([C@@H](C)c2ccc(-c3cc[nH]c(=O)c3)cc2)C(=O)O1. The van der Waals surface area contributed by atoms with E-state index in [4.69, 9.17) is 4.74 Å². The zero-order valence-electron chi connectivity index (χ0n) is 18.0. The number of aromatic nitrogens is 1. The first-order valence-corrected chi connectivity index (χ1v) is 10.6. The van der Waals surface area contributed by atoms with E-state index in [-0.39, 0.29) is 23.8 Å². The summed E-state index contributed by atoms with van der Waals surface area (Å²) in [6, 6.07) is 20.5. The molecule has 1 fully saturated rings. The van der Waals surface area contributed by atoms with Gasteiger partial charge in [-0.15, -0.1) is 0 Å². The average molecular weight is 431 g/mol. The van der Waals surface area contributed by atoms with Crippen LogP contribution in [0.2, 0.25) is 0 Å². The van der Waals surface area contributed by atoms with Crippen LogP contribution in [0.3, 0.4) is 0 Å². The predicted molar refractivity (Wildman–Crippen MR) is 123 cm³/mol. The fourth-order valence-electron chi connectivity index (χ4n) is 4.28. The number of nitrogens with one attached hydrogen (secondary N) is 1. The molecule has 0 radical (unpaired) electrons. The normalized spacial score (nSPS) is 19.3. The van der Waals surface area contributed by atoms with Crippen molar-refractivity contribution in [2.75, 3.05) is 6.54 Å². The number of cyclic esters (lactones) is 1. The summed E-state index contributed by atoms with van der Waals surface area (Å²) in [5, 5.41) is 9.89. The Bertz CT molecular complexity index is 1170. The molecule has 2 atom stereocenters. The van der Waals surface area contributed by atoms with Gasteiger partial charge >= 0.3 is 6.09 Å². The molecule has 6 heteroatoms. The average Bonchev–Trinajstić information content (AvgIpc) is 2.79. The van der Waals surface area contributed by atoms with Crippen molar-refractivity contribution < 1.29 is 14.6 Å². The van der Waals surface area contributed by atoms with Gasteiger partial charge in [-0.2, -0.15) is 0 Å². The Kier molecular flexibility index (Phi) is 5.86. The van der Waals surface area contributed by atoms with E-state index in [2.05, 4.69) is 11.6 Å². The Morgan fingerprint density at radius 3 is 2.47 bits per heavy atom. The number of aliphatic hydroxyl groups is 1. The number of carbonyl (C=O) groups is 1. The smallest absolute Gasteiger partial charge is 0.411 e. The summed E-state index contributed by atoms with van der Waals surface area (Å²) in [6.07, 6.45) is 1.90. The molecule has 164 valence electrons. The van der Waals surface area contributed by atoms with Crippen molar-refractivity contribution in [3.63, 3.8) is 0 Å². The lowest BCUT2D eigenvalue weighted by Gasteiger charge is -2.43. The highest BCUT2D eigenvalue weighted by Gasteiger charge is 2.44. The largest absolute Gasteiger partial charge is 0.513 e. The molecule has 6 nitrogen and oxygen atoms in total. The van der Waals surface area contributed by atoms with Gasteiger partial charge in [-0.25, -0.2) is 4.79 Å². The molecule has 2 heterocycles. The Morgan fingerprint density at radius 2 is 1.84 bits per heavy atom. The molecule has 2 aromatic carbocycles. The van der Waals surface area contributed by atoms with Gasteiger partial charge < -0.3 is 19.7 Å². The number of aliphatic hydroxyl groups excluding tert-OH is 1. The van der Waals surface area contributed by atoms with Crippen molar-refractivity contribution in [1.29, 1.82) is 0 Å². The van der Waals surface area contributed by atoms with Crippen molar-refractivity contribution in [1.82, 2.24) is 9.88 Å². The molecule has 3 aromatic rings. The zero-order valence-corrected chi connectivity index (χ0v) is 18.0. The van der Waals surface area contributed by atoms with Gasteiger partial charge in [0.1, 0.15) is 5.60 Å². The third-order valence-corrected chi connectivity index (χ3v) is 6.03.